The molecule has 1 saturated heterocycles. The van der Waals surface area contributed by atoms with E-state index < -0.39 is 5.41 Å². The number of carbonyl (C=O) groups excluding carboxylic acids is 1. The van der Waals surface area contributed by atoms with Gasteiger partial charge < -0.3 is 14.8 Å². The Morgan fingerprint density at radius 2 is 1.64 bits per heavy atom. The zero-order valence-corrected chi connectivity index (χ0v) is 20.5. The van der Waals surface area contributed by atoms with E-state index in [-0.39, 0.29) is 24.5 Å². The molecule has 0 aliphatic carbocycles. The van der Waals surface area contributed by atoms with E-state index in [0.717, 1.165) is 25.1 Å². The minimum absolute atomic E-state index is 0. The monoisotopic (exact) mass is 467 g/mol. The van der Waals surface area contributed by atoms with E-state index in [9.17, 15) is 4.79 Å². The molecule has 1 aliphatic heterocycles. The molecular weight excluding hydrogens is 434 g/mol. The first kappa shape index (κ1) is 25.2. The van der Waals surface area contributed by atoms with Crippen LogP contribution in [-0.2, 0) is 27.5 Å². The number of piperidine rings is 1. The van der Waals surface area contributed by atoms with Crippen molar-refractivity contribution in [2.75, 3.05) is 13.1 Å². The highest BCUT2D eigenvalue weighted by Gasteiger charge is 2.27. The molecule has 3 aromatic carbocycles. The van der Waals surface area contributed by atoms with Crippen molar-refractivity contribution in [3.8, 4) is 0 Å². The maximum atomic E-state index is 12.0. The first-order valence-electron chi connectivity index (χ1n) is 11.5. The first-order valence-corrected chi connectivity index (χ1v) is 11.5. The maximum Gasteiger partial charge on any atom is 0.311 e. The lowest BCUT2D eigenvalue weighted by Crippen LogP contribution is -2.40. The summed E-state index contributed by atoms with van der Waals surface area (Å²) in [6.45, 7) is 8.36. The van der Waals surface area contributed by atoms with Gasteiger partial charge in [-0.25, -0.2) is 0 Å². The number of hydrogen-bond acceptors (Lipinski definition) is 4. The summed E-state index contributed by atoms with van der Waals surface area (Å²) in [6, 6.07) is 23.4. The highest BCUT2D eigenvalue weighted by atomic mass is 35.5. The van der Waals surface area contributed by atoms with Gasteiger partial charge in [0.1, 0.15) is 6.61 Å². The molecule has 3 aromatic rings. The van der Waals surface area contributed by atoms with Crippen LogP contribution in [-0.4, -0.2) is 25.2 Å². The summed E-state index contributed by atoms with van der Waals surface area (Å²) in [5, 5.41) is 5.97. The zero-order valence-electron chi connectivity index (χ0n) is 19.7. The fourth-order valence-electron chi connectivity index (χ4n) is 4.14. The van der Waals surface area contributed by atoms with Gasteiger partial charge in [-0.1, -0.05) is 60.7 Å². The van der Waals surface area contributed by atoms with E-state index >= 15 is 0 Å². The first-order chi connectivity index (χ1) is 15.4. The van der Waals surface area contributed by atoms with Crippen molar-refractivity contribution in [2.24, 2.45) is 5.41 Å². The van der Waals surface area contributed by atoms with Crippen LogP contribution in [0.3, 0.4) is 0 Å². The van der Waals surface area contributed by atoms with Crippen LogP contribution in [0.1, 0.15) is 49.8 Å². The summed E-state index contributed by atoms with van der Waals surface area (Å²) < 4.78 is 11.8. The fraction of sp³-hybridized carbons (Fsp3) is 0.393. The van der Waals surface area contributed by atoms with E-state index in [1.165, 1.54) is 21.9 Å². The normalized spacial score (nSPS) is 18.5. The van der Waals surface area contributed by atoms with Gasteiger partial charge in [0, 0.05) is 12.5 Å². The molecule has 2 unspecified atom stereocenters. The van der Waals surface area contributed by atoms with Crippen LogP contribution < -0.4 is 5.32 Å². The number of esters is 1. The topological polar surface area (TPSA) is 47.6 Å². The van der Waals surface area contributed by atoms with Crippen LogP contribution in [0.15, 0.2) is 66.7 Å². The van der Waals surface area contributed by atoms with Crippen molar-refractivity contribution < 1.29 is 14.3 Å². The van der Waals surface area contributed by atoms with Crippen LogP contribution in [0, 0.1) is 5.41 Å². The lowest BCUT2D eigenvalue weighted by atomic mass is 9.87. The smallest absolute Gasteiger partial charge is 0.311 e. The summed E-state index contributed by atoms with van der Waals surface area (Å²) in [5.74, 6) is 0.171. The zero-order chi connectivity index (χ0) is 22.6. The standard InChI is InChI=1S/C28H33NO3.ClH/c1-28(2,3)27(30)32-18-20-8-12-23(13-9-20)25-14-15-29-17-26(25)31-19-21-10-11-22-6-4-5-7-24(22)16-21;/h4-13,16,25-26,29H,14-15,17-19H2,1-3H3;1H. The van der Waals surface area contributed by atoms with Gasteiger partial charge in [-0.3, -0.25) is 4.79 Å². The lowest BCUT2D eigenvalue weighted by molar-refractivity contribution is -0.154. The maximum absolute atomic E-state index is 12.0. The van der Waals surface area contributed by atoms with Gasteiger partial charge in [-0.15, -0.1) is 12.4 Å². The fourth-order valence-corrected chi connectivity index (χ4v) is 4.14. The third-order valence-corrected chi connectivity index (χ3v) is 6.09. The van der Waals surface area contributed by atoms with Gasteiger partial charge in [-0.05, 0) is 67.3 Å². The van der Waals surface area contributed by atoms with Crippen LogP contribution in [0.25, 0.3) is 10.8 Å². The van der Waals surface area contributed by atoms with Crippen molar-refractivity contribution in [2.45, 2.75) is 52.4 Å². The molecule has 0 bridgehead atoms. The van der Waals surface area contributed by atoms with Crippen LogP contribution in [0.2, 0.25) is 0 Å². The molecule has 2 atom stereocenters. The number of nitrogens with one attached hydrogen (secondary N) is 1. The van der Waals surface area contributed by atoms with Crippen molar-refractivity contribution in [3.05, 3.63) is 83.4 Å². The van der Waals surface area contributed by atoms with Crippen LogP contribution in [0.4, 0.5) is 0 Å². The Morgan fingerprint density at radius 3 is 2.36 bits per heavy atom. The number of rotatable bonds is 6. The van der Waals surface area contributed by atoms with Crippen molar-refractivity contribution in [3.63, 3.8) is 0 Å². The van der Waals surface area contributed by atoms with Gasteiger partial charge in [0.25, 0.3) is 0 Å². The van der Waals surface area contributed by atoms with E-state index in [1.54, 1.807) is 0 Å². The Balaban J connectivity index is 0.00000306. The number of halogens is 1. The average Bonchev–Trinajstić information content (AvgIpc) is 2.81. The van der Waals surface area contributed by atoms with Crippen molar-refractivity contribution in [1.82, 2.24) is 5.32 Å². The molecule has 0 radical (unpaired) electrons. The summed E-state index contributed by atoms with van der Waals surface area (Å²) in [7, 11) is 0. The largest absolute Gasteiger partial charge is 0.460 e. The van der Waals surface area contributed by atoms with Gasteiger partial charge in [-0.2, -0.15) is 0 Å². The number of fused-ring (bicyclic) bond motifs is 1. The van der Waals surface area contributed by atoms with Gasteiger partial charge in [0.05, 0.1) is 18.1 Å². The predicted molar refractivity (Wildman–Crippen MR) is 136 cm³/mol. The minimum Gasteiger partial charge on any atom is -0.460 e. The Kier molecular flexibility index (Phi) is 8.52. The van der Waals surface area contributed by atoms with E-state index in [4.69, 9.17) is 9.47 Å². The molecule has 176 valence electrons. The van der Waals surface area contributed by atoms with Crippen LogP contribution in [0.5, 0.6) is 0 Å². The van der Waals surface area contributed by atoms with Crippen molar-refractivity contribution in [1.29, 1.82) is 0 Å². The molecule has 1 N–H and O–H groups in total. The second-order valence-corrected chi connectivity index (χ2v) is 9.70. The lowest BCUT2D eigenvalue weighted by Gasteiger charge is -2.32. The number of benzene rings is 3. The molecule has 0 aromatic heterocycles. The summed E-state index contributed by atoms with van der Waals surface area (Å²) in [4.78, 5) is 12.0. The molecule has 0 saturated carbocycles. The highest BCUT2D eigenvalue weighted by molar-refractivity contribution is 5.85. The third kappa shape index (κ3) is 6.57. The van der Waals surface area contributed by atoms with E-state index in [1.807, 2.05) is 20.8 Å². The third-order valence-electron chi connectivity index (χ3n) is 6.09. The molecule has 1 aliphatic rings. The average molecular weight is 468 g/mol. The number of ether oxygens (including phenoxy) is 2. The molecule has 5 heteroatoms. The molecule has 0 amide bonds. The molecule has 1 fully saturated rings. The van der Waals surface area contributed by atoms with E-state index in [0.29, 0.717) is 19.1 Å². The molecule has 33 heavy (non-hydrogen) atoms. The highest BCUT2D eigenvalue weighted by Crippen LogP contribution is 2.29. The number of hydrogen-bond donors (Lipinski definition) is 1. The summed E-state index contributed by atoms with van der Waals surface area (Å²) in [6.07, 6.45) is 1.17. The molecule has 0 spiro atoms. The Morgan fingerprint density at radius 1 is 0.939 bits per heavy atom. The Bertz CT molecular complexity index is 1060. The van der Waals surface area contributed by atoms with Crippen molar-refractivity contribution >= 4 is 29.1 Å². The second kappa shape index (κ2) is 11.1. The summed E-state index contributed by atoms with van der Waals surface area (Å²) >= 11 is 0. The molecule has 1 heterocycles. The molecule has 4 rings (SSSR count). The van der Waals surface area contributed by atoms with E-state index in [2.05, 4.69) is 72.0 Å². The predicted octanol–water partition coefficient (Wildman–Crippen LogP) is 6.01. The van der Waals surface area contributed by atoms with Gasteiger partial charge in [0.2, 0.25) is 0 Å². The Labute approximate surface area is 203 Å². The summed E-state index contributed by atoms with van der Waals surface area (Å²) in [5.41, 5.74) is 3.00. The minimum atomic E-state index is -0.482. The van der Waals surface area contributed by atoms with Crippen LogP contribution >= 0.6 is 12.4 Å². The number of carbonyl (C=O) groups is 1. The Hall–Kier alpha value is -2.40. The molecule has 4 nitrogen and oxygen atoms in total. The quantitative estimate of drug-likeness (QED) is 0.451. The van der Waals surface area contributed by atoms with Gasteiger partial charge in [0.15, 0.2) is 0 Å². The SMILES string of the molecule is CC(C)(C)C(=O)OCc1ccc(C2CCNCC2OCc2ccc3ccccc3c2)cc1.Cl. The molecular formula is C28H34ClNO3. The van der Waals surface area contributed by atoms with Gasteiger partial charge >= 0.3 is 5.97 Å². The second-order valence-electron chi connectivity index (χ2n) is 9.70.